The van der Waals surface area contributed by atoms with Gasteiger partial charge in [-0.25, -0.2) is 4.39 Å². The fourth-order valence-electron chi connectivity index (χ4n) is 3.07. The van der Waals surface area contributed by atoms with Crippen molar-refractivity contribution in [2.75, 3.05) is 19.8 Å². The third-order valence-corrected chi connectivity index (χ3v) is 5.06. The first kappa shape index (κ1) is 18.5. The van der Waals surface area contributed by atoms with Crippen LogP contribution in [0.25, 0.3) is 11.1 Å². The Morgan fingerprint density at radius 3 is 2.42 bits per heavy atom. The van der Waals surface area contributed by atoms with E-state index in [-0.39, 0.29) is 12.1 Å². The van der Waals surface area contributed by atoms with Crippen LogP contribution in [0.4, 0.5) is 4.39 Å². The van der Waals surface area contributed by atoms with Gasteiger partial charge in [0.2, 0.25) is 0 Å². The van der Waals surface area contributed by atoms with E-state index in [0.717, 1.165) is 16.7 Å². The molecule has 4 nitrogen and oxygen atoms in total. The van der Waals surface area contributed by atoms with Crippen molar-refractivity contribution in [3.63, 3.8) is 0 Å². The Hall–Kier alpha value is -2.24. The number of amides is 1. The topological polar surface area (TPSA) is 58.6 Å². The van der Waals surface area contributed by atoms with Gasteiger partial charge in [0.25, 0.3) is 5.91 Å². The largest absolute Gasteiger partial charge is 0.388 e. The molecule has 2 aromatic rings. The van der Waals surface area contributed by atoms with E-state index >= 15 is 0 Å². The van der Waals surface area contributed by atoms with Crippen molar-refractivity contribution in [2.24, 2.45) is 0 Å². The van der Waals surface area contributed by atoms with Crippen LogP contribution in [-0.2, 0) is 4.74 Å². The molecule has 0 spiro atoms. The summed E-state index contributed by atoms with van der Waals surface area (Å²) in [6.45, 7) is 5.06. The maximum absolute atomic E-state index is 14.5. The number of ether oxygens (including phenoxy) is 1. The molecule has 0 saturated carbocycles. The number of carbonyl (C=O) groups is 1. The number of halogens is 1. The van der Waals surface area contributed by atoms with E-state index in [0.29, 0.717) is 26.1 Å². The third-order valence-electron chi connectivity index (χ3n) is 5.06. The molecule has 1 amide bonds. The highest BCUT2D eigenvalue weighted by Crippen LogP contribution is 2.25. The Kier molecular flexibility index (Phi) is 5.39. The summed E-state index contributed by atoms with van der Waals surface area (Å²) in [4.78, 5) is 12.3. The number of carbonyl (C=O) groups excluding carboxylic acids is 1. The molecule has 0 aromatic heterocycles. The molecular weight excluding hydrogens is 333 g/mol. The second-order valence-corrected chi connectivity index (χ2v) is 7.01. The molecule has 0 radical (unpaired) electrons. The van der Waals surface area contributed by atoms with Gasteiger partial charge in [-0.2, -0.15) is 0 Å². The molecule has 1 aliphatic rings. The summed E-state index contributed by atoms with van der Waals surface area (Å²) in [5.41, 5.74) is 2.95. The molecule has 1 saturated heterocycles. The number of rotatable bonds is 4. The number of aliphatic hydroxyl groups is 1. The molecule has 2 aromatic carbocycles. The van der Waals surface area contributed by atoms with E-state index in [1.807, 2.05) is 32.0 Å². The first-order valence-corrected chi connectivity index (χ1v) is 8.83. The molecule has 5 heteroatoms. The van der Waals surface area contributed by atoms with Crippen molar-refractivity contribution < 1.29 is 19.0 Å². The van der Waals surface area contributed by atoms with Crippen LogP contribution < -0.4 is 5.32 Å². The smallest absolute Gasteiger partial charge is 0.254 e. The fraction of sp³-hybridized carbons (Fsp3) is 0.381. The number of nitrogens with one attached hydrogen (secondary N) is 1. The standard InChI is InChI=1S/C21H24FNO3/c1-14-3-4-16(11-15(14)2)17-5-6-18(19(22)12-17)20(24)23-13-21(25)7-9-26-10-8-21/h3-6,11-12,25H,7-10,13H2,1-2H3,(H,23,24). The van der Waals surface area contributed by atoms with Gasteiger partial charge in [-0.1, -0.05) is 24.3 Å². The highest BCUT2D eigenvalue weighted by atomic mass is 19.1. The van der Waals surface area contributed by atoms with E-state index in [4.69, 9.17) is 4.74 Å². The van der Waals surface area contributed by atoms with Crippen molar-refractivity contribution in [3.05, 3.63) is 58.9 Å². The van der Waals surface area contributed by atoms with Gasteiger partial charge in [0.1, 0.15) is 5.82 Å². The molecular formula is C21H24FNO3. The molecule has 26 heavy (non-hydrogen) atoms. The van der Waals surface area contributed by atoms with Gasteiger partial charge in [-0.3, -0.25) is 4.79 Å². The summed E-state index contributed by atoms with van der Waals surface area (Å²) in [6, 6.07) is 10.6. The van der Waals surface area contributed by atoms with Crippen molar-refractivity contribution in [3.8, 4) is 11.1 Å². The lowest BCUT2D eigenvalue weighted by molar-refractivity contribution is -0.0605. The average Bonchev–Trinajstić information content (AvgIpc) is 2.62. The third kappa shape index (κ3) is 4.11. The fourth-order valence-corrected chi connectivity index (χ4v) is 3.07. The van der Waals surface area contributed by atoms with E-state index in [2.05, 4.69) is 5.32 Å². The maximum atomic E-state index is 14.5. The van der Waals surface area contributed by atoms with Gasteiger partial charge in [-0.15, -0.1) is 0 Å². The van der Waals surface area contributed by atoms with Crippen LogP contribution in [0.15, 0.2) is 36.4 Å². The summed E-state index contributed by atoms with van der Waals surface area (Å²) in [7, 11) is 0. The van der Waals surface area contributed by atoms with E-state index in [1.165, 1.54) is 17.7 Å². The van der Waals surface area contributed by atoms with Gasteiger partial charge in [-0.05, 0) is 48.2 Å². The van der Waals surface area contributed by atoms with Gasteiger partial charge >= 0.3 is 0 Å². The SMILES string of the molecule is Cc1ccc(-c2ccc(C(=O)NCC3(O)CCOCC3)c(F)c2)cc1C. The zero-order valence-corrected chi connectivity index (χ0v) is 15.1. The summed E-state index contributed by atoms with van der Waals surface area (Å²) in [5, 5.41) is 13.0. The highest BCUT2D eigenvalue weighted by molar-refractivity contribution is 5.95. The lowest BCUT2D eigenvalue weighted by Crippen LogP contribution is -2.46. The number of aryl methyl sites for hydroxylation is 2. The van der Waals surface area contributed by atoms with Crippen LogP contribution in [0.5, 0.6) is 0 Å². The second kappa shape index (κ2) is 7.56. The van der Waals surface area contributed by atoms with Gasteiger partial charge in [0, 0.05) is 32.6 Å². The second-order valence-electron chi connectivity index (χ2n) is 7.01. The van der Waals surface area contributed by atoms with Crippen molar-refractivity contribution in [1.82, 2.24) is 5.32 Å². The zero-order chi connectivity index (χ0) is 18.7. The summed E-state index contributed by atoms with van der Waals surface area (Å²) in [6.07, 6.45) is 0.920. The van der Waals surface area contributed by atoms with Gasteiger partial charge in [0.05, 0.1) is 11.2 Å². The lowest BCUT2D eigenvalue weighted by Gasteiger charge is -2.32. The molecule has 1 aliphatic heterocycles. The highest BCUT2D eigenvalue weighted by Gasteiger charge is 2.30. The molecule has 0 atom stereocenters. The van der Waals surface area contributed by atoms with Crippen LogP contribution in [0.2, 0.25) is 0 Å². The maximum Gasteiger partial charge on any atom is 0.254 e. The molecule has 138 valence electrons. The van der Waals surface area contributed by atoms with Crippen molar-refractivity contribution >= 4 is 5.91 Å². The quantitative estimate of drug-likeness (QED) is 0.882. The first-order valence-electron chi connectivity index (χ1n) is 8.83. The summed E-state index contributed by atoms with van der Waals surface area (Å²) < 4.78 is 19.7. The van der Waals surface area contributed by atoms with Crippen LogP contribution in [0, 0.1) is 19.7 Å². The zero-order valence-electron chi connectivity index (χ0n) is 15.1. The summed E-state index contributed by atoms with van der Waals surface area (Å²) >= 11 is 0. The monoisotopic (exact) mass is 357 g/mol. The van der Waals surface area contributed by atoms with Crippen molar-refractivity contribution in [2.45, 2.75) is 32.3 Å². The minimum absolute atomic E-state index is 0.0201. The Labute approximate surface area is 153 Å². The number of benzene rings is 2. The van der Waals surface area contributed by atoms with Gasteiger partial charge < -0.3 is 15.2 Å². The number of hydrogen-bond acceptors (Lipinski definition) is 3. The summed E-state index contributed by atoms with van der Waals surface area (Å²) in [5.74, 6) is -1.09. The Balaban J connectivity index is 1.72. The Bertz CT molecular complexity index is 813. The molecule has 2 N–H and O–H groups in total. The Morgan fingerprint density at radius 2 is 1.77 bits per heavy atom. The van der Waals surface area contributed by atoms with E-state index in [9.17, 15) is 14.3 Å². The van der Waals surface area contributed by atoms with Gasteiger partial charge in [0.15, 0.2) is 0 Å². The molecule has 0 unspecified atom stereocenters. The van der Waals surface area contributed by atoms with Crippen LogP contribution in [-0.4, -0.2) is 36.4 Å². The average molecular weight is 357 g/mol. The van der Waals surface area contributed by atoms with E-state index < -0.39 is 17.3 Å². The minimum Gasteiger partial charge on any atom is -0.388 e. The van der Waals surface area contributed by atoms with Crippen LogP contribution in [0.3, 0.4) is 0 Å². The molecule has 1 fully saturated rings. The molecule has 0 aliphatic carbocycles. The molecule has 3 rings (SSSR count). The number of hydrogen-bond donors (Lipinski definition) is 2. The lowest BCUT2D eigenvalue weighted by atomic mass is 9.94. The molecule has 1 heterocycles. The van der Waals surface area contributed by atoms with Crippen LogP contribution in [0.1, 0.15) is 34.3 Å². The van der Waals surface area contributed by atoms with E-state index in [1.54, 1.807) is 6.07 Å². The first-order chi connectivity index (χ1) is 12.4. The van der Waals surface area contributed by atoms with Crippen molar-refractivity contribution in [1.29, 1.82) is 0 Å². The molecule has 0 bridgehead atoms. The predicted octanol–water partition coefficient (Wildman–Crippen LogP) is 3.38. The normalized spacial score (nSPS) is 16.3. The Morgan fingerprint density at radius 1 is 1.12 bits per heavy atom. The van der Waals surface area contributed by atoms with Crippen LogP contribution >= 0.6 is 0 Å². The predicted molar refractivity (Wildman–Crippen MR) is 98.6 cm³/mol. The minimum atomic E-state index is -0.982.